The third kappa shape index (κ3) is 24.8. The number of fused-ring (bicyclic) bond motifs is 4. The highest BCUT2D eigenvalue weighted by Crippen LogP contribution is 2.38. The van der Waals surface area contributed by atoms with Gasteiger partial charge < -0.3 is 31.1 Å². The second-order valence-electron chi connectivity index (χ2n) is 40.1. The van der Waals surface area contributed by atoms with E-state index in [4.69, 9.17) is 0 Å². The molecule has 0 spiro atoms. The molecular weight excluding hydrogens is 1880 g/mol. The minimum Gasteiger partial charge on any atom is -0.370 e. The monoisotopic (exact) mass is 2000 g/mol. The summed E-state index contributed by atoms with van der Waals surface area (Å²) in [6.45, 7) is 18.7. The zero-order valence-corrected chi connectivity index (χ0v) is 82.9. The van der Waals surface area contributed by atoms with Crippen LogP contribution in [0.3, 0.4) is 0 Å². The van der Waals surface area contributed by atoms with Gasteiger partial charge in [-0.1, -0.05) is 36.4 Å². The first-order valence-corrected chi connectivity index (χ1v) is 51.8. The first-order chi connectivity index (χ1) is 72.3. The molecule has 8 aliphatic heterocycles. The van der Waals surface area contributed by atoms with E-state index in [2.05, 4.69) is 151 Å². The molecule has 0 atom stereocenters. The molecule has 0 unspecified atom stereocenters. The van der Waals surface area contributed by atoms with Crippen molar-refractivity contribution in [1.82, 2.24) is 105 Å². The number of anilines is 6. The Morgan fingerprint density at radius 1 is 0.264 bits per heavy atom. The van der Waals surface area contributed by atoms with Gasteiger partial charge in [-0.25, -0.2) is 17.6 Å². The lowest BCUT2D eigenvalue weighted by molar-refractivity contribution is -0.0566. The number of hydrogen-bond donors (Lipinski definition) is 8. The molecule has 0 aliphatic carbocycles. The Balaban J connectivity index is 0.000000116. The topological polar surface area (TPSA) is 347 Å². The fourth-order valence-electron chi connectivity index (χ4n) is 21.0. The van der Waals surface area contributed by atoms with E-state index in [9.17, 15) is 36.7 Å². The van der Waals surface area contributed by atoms with Crippen molar-refractivity contribution < 1.29 is 36.7 Å². The van der Waals surface area contributed by atoms with Crippen LogP contribution in [0.15, 0.2) is 226 Å². The number of halogens is 4. The molecule has 0 radical (unpaired) electrons. The number of alkyl halides is 4. The number of carbonyl (C=O) groups is 4. The summed E-state index contributed by atoms with van der Waals surface area (Å²) in [5.41, 5.74) is 23.1. The van der Waals surface area contributed by atoms with Gasteiger partial charge in [-0.2, -0.15) is 20.4 Å². The van der Waals surface area contributed by atoms with E-state index in [-0.39, 0.29) is 49.4 Å². The van der Waals surface area contributed by atoms with Crippen LogP contribution < -0.4 is 31.1 Å². The number of amides is 4. The lowest BCUT2D eigenvalue weighted by atomic mass is 10.0. The van der Waals surface area contributed by atoms with Gasteiger partial charge in [0.15, 0.2) is 22.8 Å². The average molecular weight is 2000 g/mol. The second kappa shape index (κ2) is 45.5. The predicted molar refractivity (Wildman–Crippen MR) is 568 cm³/mol. The Labute approximate surface area is 855 Å². The fraction of sp³-hybridized carbons (Fsp3) is 0.354. The highest BCUT2D eigenvalue weighted by atomic mass is 19.3. The fourth-order valence-corrected chi connectivity index (χ4v) is 21.0. The summed E-state index contributed by atoms with van der Waals surface area (Å²) in [7, 11) is 0. The molecule has 35 heteroatoms. The van der Waals surface area contributed by atoms with Crippen LogP contribution in [0, 0.1) is 0 Å². The molecule has 8 fully saturated rings. The predicted octanol–water partition coefficient (Wildman–Crippen LogP) is 19.7. The molecule has 11 aromatic heterocycles. The van der Waals surface area contributed by atoms with Crippen LogP contribution in [0.1, 0.15) is 178 Å². The van der Waals surface area contributed by atoms with Crippen molar-refractivity contribution in [3.05, 3.63) is 282 Å². The van der Waals surface area contributed by atoms with Gasteiger partial charge in [0.2, 0.25) is 0 Å². The van der Waals surface area contributed by atoms with Crippen molar-refractivity contribution in [3.63, 3.8) is 0 Å². The normalized spacial score (nSPS) is 17.2. The Bertz CT molecular complexity index is 7320. The number of benzene rings is 5. The van der Waals surface area contributed by atoms with Crippen molar-refractivity contribution in [2.24, 2.45) is 0 Å². The van der Waals surface area contributed by atoms with Crippen LogP contribution in [0.25, 0.3) is 88.1 Å². The molecular formula is C113H121F4N27O4. The molecule has 8 N–H and O–H groups in total. The minimum atomic E-state index is -2.62. The number of likely N-dealkylation sites (tertiary alicyclic amines) is 6. The summed E-state index contributed by atoms with van der Waals surface area (Å²) < 4.78 is 54.2. The maximum absolute atomic E-state index is 13.6. The minimum absolute atomic E-state index is 0.106. The van der Waals surface area contributed by atoms with E-state index in [1.54, 1.807) is 48.3 Å². The number of aromatic amines is 4. The molecule has 760 valence electrons. The second-order valence-corrected chi connectivity index (χ2v) is 40.1. The Kier molecular flexibility index (Phi) is 30.5. The number of nitrogens with zero attached hydrogens (tertiary/aromatic N) is 19. The summed E-state index contributed by atoms with van der Waals surface area (Å²) in [6, 6.07) is 51.5. The van der Waals surface area contributed by atoms with E-state index >= 15 is 0 Å². The zero-order valence-electron chi connectivity index (χ0n) is 82.9. The van der Waals surface area contributed by atoms with Gasteiger partial charge in [0, 0.05) is 191 Å². The van der Waals surface area contributed by atoms with Gasteiger partial charge in [0.1, 0.15) is 0 Å². The average Bonchev–Trinajstić information content (AvgIpc) is 1.64. The number of carbonyl (C=O) groups excluding carboxylic acids is 4. The van der Waals surface area contributed by atoms with Gasteiger partial charge in [-0.3, -0.25) is 104 Å². The van der Waals surface area contributed by atoms with Crippen LogP contribution in [-0.4, -0.2) is 245 Å². The third-order valence-corrected chi connectivity index (χ3v) is 29.1. The van der Waals surface area contributed by atoms with Gasteiger partial charge in [0.05, 0.1) is 105 Å². The van der Waals surface area contributed by atoms with E-state index in [0.717, 1.165) is 227 Å². The van der Waals surface area contributed by atoms with Crippen LogP contribution in [-0.2, 0) is 39.3 Å². The molecule has 8 aliphatic rings. The highest BCUT2D eigenvalue weighted by Gasteiger charge is 2.39. The smallest absolute Gasteiger partial charge is 0.276 e. The molecule has 19 heterocycles. The van der Waals surface area contributed by atoms with Crippen LogP contribution >= 0.6 is 0 Å². The Morgan fingerprint density at radius 3 is 0.899 bits per heavy atom. The summed E-state index contributed by atoms with van der Waals surface area (Å²) in [4.78, 5) is 102. The quantitative estimate of drug-likeness (QED) is 0.0233. The zero-order chi connectivity index (χ0) is 101. The van der Waals surface area contributed by atoms with Crippen molar-refractivity contribution in [2.45, 2.75) is 154 Å². The molecule has 0 saturated carbocycles. The van der Waals surface area contributed by atoms with E-state index < -0.39 is 11.8 Å². The van der Waals surface area contributed by atoms with Crippen molar-refractivity contribution in [3.8, 4) is 44.5 Å². The molecule has 8 saturated heterocycles. The Morgan fingerprint density at radius 2 is 0.554 bits per heavy atom. The van der Waals surface area contributed by atoms with Crippen molar-refractivity contribution in [1.29, 1.82) is 0 Å². The standard InChI is InChI=1S/C29H31F2N7O.C29H30F2N6O.C28H31N7O.C27H29N7O/c30-29(31)7-11-38(12-8-29)18-20-13-22(16-32-15-20)21-3-6-26-25(14-21)27(36-35-26)28(39)34-23-4-5-24(33-17-23)19-37-9-1-2-10-37;30-29(31)9-12-37(19-29)18-21-13-23(16-32-15-21)22-5-8-26-25(14-22)27(35-34-26)28(38)33-24-6-3-20(4-7-24)17-36-10-1-2-11-36;36-28(31-22-7-8-23(30-17-22)19-34-10-4-5-11-34)27-25-15-20(6-9-26(25)32-33-27)21-14-24(18-29-16-21)35-12-2-1-3-13-35;35-27(30-21-6-7-22(29-16-21)18-33-9-1-2-10-33)26-24-14-19(5-8-25(24)31-32-26)20-13-23(17-28-15-20)34-11-3-4-12-34/h3-6,13-17H,1-2,7-12,18-19H2,(H,34,39)(H,35,36);3-8,13-16H,1-2,9-12,17-19H2,(H,33,38)(H,34,35);6-9,14-18H,1-5,10-13,19H2,(H,31,36)(H,32,33);5-8,13-17H,1-4,9-12,18H2,(H,30,35)(H,31,32). The summed E-state index contributed by atoms with van der Waals surface area (Å²) in [5, 5.41) is 43.8. The number of pyridine rings is 7. The molecule has 4 amide bonds. The third-order valence-electron chi connectivity index (χ3n) is 29.1. The number of nitrogens with one attached hydrogen (secondary N) is 8. The lowest BCUT2D eigenvalue weighted by Crippen LogP contribution is -2.38. The first-order valence-electron chi connectivity index (χ1n) is 51.8. The number of H-pyrrole nitrogens is 4. The molecule has 0 bridgehead atoms. The molecule has 24 rings (SSSR count). The van der Waals surface area contributed by atoms with E-state index in [1.807, 2.05) is 163 Å². The summed E-state index contributed by atoms with van der Waals surface area (Å²) in [5.74, 6) is -6.30. The SMILES string of the molecule is O=C(Nc1ccc(CN2CCCC2)cc1)c1n[nH]c2ccc(-c3cncc(CN4CCC(F)(F)C4)c3)cc12.O=C(Nc1ccc(CN2CCCC2)nc1)c1n[nH]c2ccc(-c3cncc(CN4CCC(F)(F)CC4)c3)cc12.O=C(Nc1ccc(CN2CCCC2)nc1)c1n[nH]c2ccc(-c3cncc(N4CCCC4)c3)cc12.O=C(Nc1ccc(CN2CCCC2)nc1)c1n[nH]c2ccc(-c3cncc(N4CCCCC4)c3)cc12. The van der Waals surface area contributed by atoms with Gasteiger partial charge >= 0.3 is 0 Å². The number of aromatic nitrogens is 15. The summed E-state index contributed by atoms with van der Waals surface area (Å²) >= 11 is 0. The maximum atomic E-state index is 13.6. The van der Waals surface area contributed by atoms with Crippen molar-refractivity contribution >= 4 is 101 Å². The van der Waals surface area contributed by atoms with Gasteiger partial charge in [-0.05, 0) is 296 Å². The Hall–Kier alpha value is -15.0. The number of hydrogen-bond acceptors (Lipinski definition) is 23. The molecule has 16 aromatic rings. The largest absolute Gasteiger partial charge is 0.370 e. The van der Waals surface area contributed by atoms with Crippen LogP contribution in [0.5, 0.6) is 0 Å². The highest BCUT2D eigenvalue weighted by molar-refractivity contribution is 6.15. The lowest BCUT2D eigenvalue weighted by Gasteiger charge is -2.31. The molecule has 5 aromatic carbocycles. The first kappa shape index (κ1) is 99.0. The maximum Gasteiger partial charge on any atom is 0.276 e. The number of piperidine rings is 2. The summed E-state index contributed by atoms with van der Waals surface area (Å²) in [6.07, 6.45) is 35.6. The van der Waals surface area contributed by atoms with Crippen molar-refractivity contribution in [2.75, 3.05) is 136 Å². The number of rotatable bonds is 26. The van der Waals surface area contributed by atoms with Crippen LogP contribution in [0.2, 0.25) is 0 Å². The van der Waals surface area contributed by atoms with E-state index in [1.165, 1.54) is 89.0 Å². The van der Waals surface area contributed by atoms with Crippen LogP contribution in [0.4, 0.5) is 51.7 Å². The van der Waals surface area contributed by atoms with E-state index in [0.29, 0.717) is 83.3 Å². The van der Waals surface area contributed by atoms with Gasteiger partial charge in [-0.15, -0.1) is 0 Å². The van der Waals surface area contributed by atoms with Gasteiger partial charge in [0.25, 0.3) is 35.5 Å². The molecule has 31 nitrogen and oxygen atoms in total. The molecule has 148 heavy (non-hydrogen) atoms.